The Morgan fingerprint density at radius 1 is 1.00 bits per heavy atom. The molecule has 9 heteroatoms. The summed E-state index contributed by atoms with van der Waals surface area (Å²) in [5.41, 5.74) is 0. The fourth-order valence-corrected chi connectivity index (χ4v) is 0. The van der Waals surface area contributed by atoms with E-state index >= 15 is 0 Å². The van der Waals surface area contributed by atoms with Crippen molar-refractivity contribution >= 4 is 12.4 Å². The molecular weight excluding hydrogens is 895 g/mol. The molecule has 0 saturated carbocycles. The predicted octanol–water partition coefficient (Wildman–Crippen LogP) is 1.69. The molecular formula is C7H19N2O3W4-. The third-order valence-corrected chi connectivity index (χ3v) is 0. The molecule has 5 nitrogen and oxygen atoms in total. The number of hydrogen-bond donors (Lipinski definition) is 0. The van der Waals surface area contributed by atoms with E-state index in [9.17, 15) is 0 Å². The van der Waals surface area contributed by atoms with Gasteiger partial charge in [-0.05, 0) is 6.08 Å². The Morgan fingerprint density at radius 2 is 1.00 bits per heavy atom. The van der Waals surface area contributed by atoms with E-state index in [0.717, 1.165) is 0 Å². The Morgan fingerprint density at radius 3 is 1.00 bits per heavy atom. The van der Waals surface area contributed by atoms with E-state index in [4.69, 9.17) is 15.0 Å². The number of nitrogens with two attached hydrogens (primary N) is 1. The molecule has 0 aliphatic rings. The van der Waals surface area contributed by atoms with Crippen LogP contribution in [0.2, 0.25) is 0 Å². The van der Waals surface area contributed by atoms with Crippen LogP contribution >= 0.6 is 0 Å². The molecule has 0 aliphatic heterocycles. The normalized spacial score (nSPS) is 1.31. The van der Waals surface area contributed by atoms with E-state index in [1.165, 1.54) is 13.2 Å². The maximum atomic E-state index is 8.68. The van der Waals surface area contributed by atoms with E-state index in [1.54, 1.807) is 0 Å². The third kappa shape index (κ3) is 1150. The topological polar surface area (TPSA) is 121 Å². The minimum Gasteiger partial charge on any atom is -0.724 e. The van der Waals surface area contributed by atoms with E-state index in [-0.39, 0.29) is 126 Å². The Hall–Kier alpha value is 1.72. The van der Waals surface area contributed by atoms with Crippen LogP contribution in [0.25, 0.3) is 11.6 Å². The van der Waals surface area contributed by atoms with Crippen molar-refractivity contribution in [2.45, 2.75) is 6.92 Å². The molecule has 0 aromatic carbocycles. The average molecular weight is 915 g/mol. The zero-order valence-corrected chi connectivity index (χ0v) is 21.7. The van der Waals surface area contributed by atoms with E-state index < -0.39 is 0 Å². The van der Waals surface area contributed by atoms with Gasteiger partial charge in [-0.2, -0.15) is 6.92 Å². The quantitative estimate of drug-likeness (QED) is 0.209. The first-order valence-corrected chi connectivity index (χ1v) is 1.13. The number of carbonyl (C=O) groups excluding carboxylic acids is 2. The predicted molar refractivity (Wildman–Crippen MR) is 55.0 cm³/mol. The van der Waals surface area contributed by atoms with Crippen LogP contribution in [0.15, 0.2) is 0 Å². The van der Waals surface area contributed by atoms with Crippen molar-refractivity contribution in [2.24, 2.45) is 0 Å². The van der Waals surface area contributed by atoms with Gasteiger partial charge in [-0.1, -0.05) is 0 Å². The second-order valence-corrected chi connectivity index (χ2v) is 0.295. The van der Waals surface area contributed by atoms with Crippen LogP contribution in [0.4, 0.5) is 0 Å². The van der Waals surface area contributed by atoms with Gasteiger partial charge in [-0.3, -0.25) is 11.1 Å². The number of isocyanates is 1. The molecule has 0 bridgehead atoms. The molecule has 0 amide bonds. The summed E-state index contributed by atoms with van der Waals surface area (Å²) in [4.78, 5) is 16.9. The molecule has 0 fully saturated rings. The monoisotopic (exact) mass is 915 g/mol. The van der Waals surface area contributed by atoms with Gasteiger partial charge in [-0.25, -0.2) is 0 Å². The molecule has 0 heterocycles. The van der Waals surface area contributed by atoms with Gasteiger partial charge >= 0.3 is 63.2 Å². The zero-order chi connectivity index (χ0) is 5.41. The Balaban J connectivity index is -0.00000000123. The van der Waals surface area contributed by atoms with Gasteiger partial charge in [0.05, 0.1) is 0 Å². The van der Waals surface area contributed by atoms with Crippen LogP contribution in [-0.2, 0) is 93.9 Å². The first-order chi connectivity index (χ1) is 2.83. The van der Waals surface area contributed by atoms with Gasteiger partial charge in [0.1, 0.15) is 0 Å². The Kier molecular flexibility index (Phi) is 2820. The van der Waals surface area contributed by atoms with Gasteiger partial charge in [0, 0.05) is 21.1 Å². The minimum atomic E-state index is 0. The van der Waals surface area contributed by atoms with Gasteiger partial charge in [0.25, 0.3) is 0 Å². The summed E-state index contributed by atoms with van der Waals surface area (Å²) < 4.78 is 0. The molecule has 0 saturated heterocycles. The van der Waals surface area contributed by atoms with Crippen LogP contribution in [0.5, 0.6) is 0 Å². The van der Waals surface area contributed by atoms with Crippen molar-refractivity contribution in [1.29, 1.82) is 0 Å². The SMILES string of the molecule is C[C-]=O.O.[CH3-].[CH3-].[CH3-].[CH3-].[N-]=C=O.[NH2-].[W+2].[W+2].[W+2].[W]. The van der Waals surface area contributed by atoms with E-state index in [2.05, 4.69) is 0 Å². The van der Waals surface area contributed by atoms with Crippen LogP contribution in [0.3, 0.4) is 0 Å². The molecule has 0 aromatic rings. The van der Waals surface area contributed by atoms with Gasteiger partial charge in [-0.15, -0.1) is 0 Å². The van der Waals surface area contributed by atoms with Crippen LogP contribution in [0.1, 0.15) is 6.92 Å². The zero-order valence-electron chi connectivity index (χ0n) is 9.97. The first-order valence-electron chi connectivity index (χ1n) is 1.13. The summed E-state index contributed by atoms with van der Waals surface area (Å²) in [6.07, 6.45) is 2.00. The van der Waals surface area contributed by atoms with Gasteiger partial charge in [0.15, 0.2) is 0 Å². The summed E-state index contributed by atoms with van der Waals surface area (Å²) >= 11 is 0. The van der Waals surface area contributed by atoms with Crippen molar-refractivity contribution in [2.75, 3.05) is 0 Å². The molecule has 0 aromatic heterocycles. The summed E-state index contributed by atoms with van der Waals surface area (Å²) in [5.74, 6) is 0. The maximum Gasteiger partial charge on any atom is 2.00 e. The molecule has 0 aliphatic carbocycles. The molecule has 100 valence electrons. The fraction of sp³-hybridized carbons (Fsp3) is 0.143. The summed E-state index contributed by atoms with van der Waals surface area (Å²) in [6.45, 7) is 1.32. The third-order valence-electron chi connectivity index (χ3n) is 0. The molecule has 0 rings (SSSR count). The standard InChI is InChI=1S/C2H3O.CNO.4CH3.H2N.H2O.4W/c1-2-3;2-1-3;;;;;;;;;;/h1H3;;4*1H3;2*1H2;;;;/q7*-1;;;3*+2. The van der Waals surface area contributed by atoms with Gasteiger partial charge < -0.3 is 51.5 Å². The van der Waals surface area contributed by atoms with Crippen molar-refractivity contribution < 1.29 is 99.3 Å². The maximum absolute atomic E-state index is 8.68. The first kappa shape index (κ1) is 151. The van der Waals surface area contributed by atoms with Gasteiger partial charge in [0.2, 0.25) is 0 Å². The molecule has 0 unspecified atom stereocenters. The molecule has 16 heavy (non-hydrogen) atoms. The van der Waals surface area contributed by atoms with Crippen molar-refractivity contribution in [3.05, 3.63) is 41.3 Å². The van der Waals surface area contributed by atoms with Crippen molar-refractivity contribution in [1.82, 2.24) is 0 Å². The Labute approximate surface area is 158 Å². The van der Waals surface area contributed by atoms with Crippen molar-refractivity contribution in [3.8, 4) is 0 Å². The second kappa shape index (κ2) is 298. The molecule has 4 N–H and O–H groups in total. The fourth-order valence-electron chi connectivity index (χ4n) is 0. The van der Waals surface area contributed by atoms with Crippen molar-refractivity contribution in [3.63, 3.8) is 0 Å². The molecule has 0 radical (unpaired) electrons. The molecule has 0 spiro atoms. The Bertz CT molecular complexity index is 74.7. The van der Waals surface area contributed by atoms with E-state index in [0.29, 0.717) is 6.08 Å². The van der Waals surface area contributed by atoms with E-state index in [1.807, 2.05) is 0 Å². The van der Waals surface area contributed by atoms with Crippen LogP contribution in [-0.4, -0.2) is 17.8 Å². The summed E-state index contributed by atoms with van der Waals surface area (Å²) in [5, 5.41) is 6.76. The van der Waals surface area contributed by atoms with Crippen LogP contribution < -0.4 is 0 Å². The van der Waals surface area contributed by atoms with Crippen LogP contribution in [0, 0.1) is 29.7 Å². The smallest absolute Gasteiger partial charge is 0.724 e. The number of rotatable bonds is 0. The number of nitrogens with zero attached hydrogens (tertiary/aromatic N) is 1. The minimum absolute atomic E-state index is 0. The summed E-state index contributed by atoms with van der Waals surface area (Å²) in [7, 11) is 0. The largest absolute Gasteiger partial charge is 2.00 e. The number of hydrogen-bond acceptors (Lipinski definition) is 2. The summed E-state index contributed by atoms with van der Waals surface area (Å²) in [6, 6.07) is 0. The average Bonchev–Trinajstić information content (AvgIpc) is 1.39. The molecule has 0 atom stereocenters. The second-order valence-electron chi connectivity index (χ2n) is 0.295.